The molecule has 32 heavy (non-hydrogen) atoms. The van der Waals surface area contributed by atoms with E-state index in [0.717, 1.165) is 25.7 Å². The Hall–Kier alpha value is -2.34. The lowest BCUT2D eigenvalue weighted by molar-refractivity contribution is -0.143. The number of nitrogens with zero attached hydrogens (tertiary/aromatic N) is 1. The summed E-state index contributed by atoms with van der Waals surface area (Å²) in [6.07, 6.45) is -7.20. The fraction of sp³-hybridized carbons (Fsp3) is 0.600. The molecule has 0 atom stereocenters. The van der Waals surface area contributed by atoms with Crippen LogP contribution in [0.1, 0.15) is 47.2 Å². The van der Waals surface area contributed by atoms with Gasteiger partial charge >= 0.3 is 12.4 Å². The molecule has 1 aromatic carbocycles. The van der Waals surface area contributed by atoms with Crippen molar-refractivity contribution >= 4 is 11.8 Å². The van der Waals surface area contributed by atoms with Gasteiger partial charge in [-0.25, -0.2) is 0 Å². The van der Waals surface area contributed by atoms with Crippen molar-refractivity contribution in [3.63, 3.8) is 0 Å². The smallest absolute Gasteiger partial charge is 0.393 e. The number of hydrogen-bond acceptors (Lipinski definition) is 4. The van der Waals surface area contributed by atoms with Gasteiger partial charge in [0.2, 0.25) is 5.91 Å². The highest BCUT2D eigenvalue weighted by Gasteiger charge is 2.38. The number of carbonyl (C=O) groups excluding carboxylic acids is 2. The predicted octanol–water partition coefficient (Wildman–Crippen LogP) is 2.56. The summed E-state index contributed by atoms with van der Waals surface area (Å²) in [7, 11) is 0. The summed E-state index contributed by atoms with van der Waals surface area (Å²) in [4.78, 5) is 26.3. The lowest BCUT2D eigenvalue weighted by atomic mass is 9.89. The third-order valence-electron chi connectivity index (χ3n) is 5.72. The molecule has 2 fully saturated rings. The van der Waals surface area contributed by atoms with Crippen LogP contribution in [-0.4, -0.2) is 59.6 Å². The monoisotopic (exact) mass is 467 g/mol. The standard InChI is InChI=1S/C20H23F6N3O3/c21-19(22,23)12-5-11(6-13(7-12)20(24,25)26)18(32)27-8-17(31)28-14-9-29(10-14)15-1-3-16(30)4-2-15/h5-7,14-16,30H,1-4,8-10H2,(H,27,32)(H,28,31). The van der Waals surface area contributed by atoms with Crippen molar-refractivity contribution in [1.82, 2.24) is 15.5 Å². The molecule has 6 nitrogen and oxygen atoms in total. The molecule has 2 aliphatic rings. The number of halogens is 6. The Bertz CT molecular complexity index is 812. The van der Waals surface area contributed by atoms with Gasteiger partial charge in [0.25, 0.3) is 5.91 Å². The van der Waals surface area contributed by atoms with Gasteiger partial charge in [0.1, 0.15) is 0 Å². The van der Waals surface area contributed by atoms with Crippen LogP contribution in [0.15, 0.2) is 18.2 Å². The third-order valence-corrected chi connectivity index (χ3v) is 5.72. The van der Waals surface area contributed by atoms with Crippen LogP contribution in [0.5, 0.6) is 0 Å². The molecule has 0 unspecified atom stereocenters. The van der Waals surface area contributed by atoms with Crippen LogP contribution in [0.25, 0.3) is 0 Å². The van der Waals surface area contributed by atoms with Crippen LogP contribution < -0.4 is 10.6 Å². The van der Waals surface area contributed by atoms with Gasteiger partial charge in [0, 0.05) is 24.7 Å². The van der Waals surface area contributed by atoms with E-state index >= 15 is 0 Å². The molecule has 2 amide bonds. The van der Waals surface area contributed by atoms with Gasteiger partial charge in [0.15, 0.2) is 0 Å². The van der Waals surface area contributed by atoms with E-state index in [-0.39, 0.29) is 18.2 Å². The number of nitrogens with one attached hydrogen (secondary N) is 2. The minimum absolute atomic E-state index is 0.0706. The lowest BCUT2D eigenvalue weighted by Gasteiger charge is -2.46. The van der Waals surface area contributed by atoms with Crippen molar-refractivity contribution in [1.29, 1.82) is 0 Å². The van der Waals surface area contributed by atoms with Crippen molar-refractivity contribution < 1.29 is 41.0 Å². The van der Waals surface area contributed by atoms with Crippen LogP contribution in [0.2, 0.25) is 0 Å². The molecule has 0 spiro atoms. The van der Waals surface area contributed by atoms with Gasteiger partial charge in [0.05, 0.1) is 29.8 Å². The summed E-state index contributed by atoms with van der Waals surface area (Å²) < 4.78 is 77.4. The number of likely N-dealkylation sites (tertiary alicyclic amines) is 1. The second-order valence-corrected chi connectivity index (χ2v) is 8.16. The van der Waals surface area contributed by atoms with Crippen LogP contribution >= 0.6 is 0 Å². The summed E-state index contributed by atoms with van der Waals surface area (Å²) in [6.45, 7) is 0.620. The molecule has 1 aromatic rings. The van der Waals surface area contributed by atoms with Crippen LogP contribution in [0.3, 0.4) is 0 Å². The normalized spacial score (nSPS) is 22.8. The van der Waals surface area contributed by atoms with Crippen LogP contribution in [0, 0.1) is 0 Å². The number of hydrogen-bond donors (Lipinski definition) is 3. The average molecular weight is 467 g/mol. The number of rotatable bonds is 5. The van der Waals surface area contributed by atoms with Gasteiger partial charge in [-0.05, 0) is 43.9 Å². The topological polar surface area (TPSA) is 81.7 Å². The Labute approximate surface area is 179 Å². The first kappa shape index (κ1) is 24.3. The predicted molar refractivity (Wildman–Crippen MR) is 101 cm³/mol. The highest BCUT2D eigenvalue weighted by atomic mass is 19.4. The summed E-state index contributed by atoms with van der Waals surface area (Å²) in [5.74, 6) is -1.81. The van der Waals surface area contributed by atoms with Crippen molar-refractivity contribution in [2.24, 2.45) is 0 Å². The SMILES string of the molecule is O=C(CNC(=O)c1cc(C(F)(F)F)cc(C(F)(F)F)c1)NC1CN(C2CCC(O)CC2)C1. The number of benzene rings is 1. The Morgan fingerprint density at radius 1 is 0.938 bits per heavy atom. The number of amides is 2. The van der Waals surface area contributed by atoms with Gasteiger partial charge in [-0.2, -0.15) is 26.3 Å². The highest BCUT2D eigenvalue weighted by Crippen LogP contribution is 2.36. The third kappa shape index (κ3) is 6.12. The molecule has 1 saturated carbocycles. The maximum Gasteiger partial charge on any atom is 0.416 e. The summed E-state index contributed by atoms with van der Waals surface area (Å²) in [5.41, 5.74) is -4.05. The molecule has 1 heterocycles. The summed E-state index contributed by atoms with van der Waals surface area (Å²) in [6, 6.07) is 0.742. The lowest BCUT2D eigenvalue weighted by Crippen LogP contribution is -2.63. The molecule has 3 rings (SSSR count). The molecule has 1 saturated heterocycles. The molecule has 12 heteroatoms. The molecule has 1 aliphatic heterocycles. The second-order valence-electron chi connectivity index (χ2n) is 8.16. The molecule has 0 aromatic heterocycles. The van der Waals surface area contributed by atoms with Gasteiger partial charge in [-0.3, -0.25) is 14.5 Å². The first-order valence-electron chi connectivity index (χ1n) is 10.1. The van der Waals surface area contributed by atoms with E-state index < -0.39 is 47.4 Å². The largest absolute Gasteiger partial charge is 0.416 e. The molecular weight excluding hydrogens is 444 g/mol. The van der Waals surface area contributed by atoms with Crippen LogP contribution in [-0.2, 0) is 17.1 Å². The average Bonchev–Trinajstić information content (AvgIpc) is 2.68. The Morgan fingerprint density at radius 3 is 1.97 bits per heavy atom. The van der Waals surface area contributed by atoms with Crippen molar-refractivity contribution in [2.45, 2.75) is 56.2 Å². The molecule has 1 aliphatic carbocycles. The van der Waals surface area contributed by atoms with E-state index in [1.807, 2.05) is 0 Å². The van der Waals surface area contributed by atoms with Gasteiger partial charge in [-0.1, -0.05) is 0 Å². The molecule has 3 N–H and O–H groups in total. The maximum absolute atomic E-state index is 12.9. The molecule has 178 valence electrons. The minimum Gasteiger partial charge on any atom is -0.393 e. The summed E-state index contributed by atoms with van der Waals surface area (Å²) in [5, 5.41) is 14.3. The fourth-order valence-electron chi connectivity index (χ4n) is 3.95. The Balaban J connectivity index is 1.51. The van der Waals surface area contributed by atoms with Crippen molar-refractivity contribution in [3.05, 3.63) is 34.9 Å². The molecular formula is C20H23F6N3O3. The Morgan fingerprint density at radius 2 is 1.47 bits per heavy atom. The second kappa shape index (κ2) is 9.26. The summed E-state index contributed by atoms with van der Waals surface area (Å²) >= 11 is 0. The van der Waals surface area contributed by atoms with Crippen molar-refractivity contribution in [3.8, 4) is 0 Å². The fourth-order valence-corrected chi connectivity index (χ4v) is 3.95. The quantitative estimate of drug-likeness (QED) is 0.582. The maximum atomic E-state index is 12.9. The minimum atomic E-state index is -5.07. The van der Waals surface area contributed by atoms with Gasteiger partial charge < -0.3 is 15.7 Å². The number of aliphatic hydroxyl groups is 1. The van der Waals surface area contributed by atoms with E-state index in [1.54, 1.807) is 0 Å². The first-order chi connectivity index (χ1) is 14.8. The zero-order valence-electron chi connectivity index (χ0n) is 16.9. The zero-order valence-corrected chi connectivity index (χ0v) is 16.9. The molecule has 0 bridgehead atoms. The van der Waals surface area contributed by atoms with E-state index in [2.05, 4.69) is 15.5 Å². The first-order valence-corrected chi connectivity index (χ1v) is 10.1. The number of aliphatic hydroxyl groups excluding tert-OH is 1. The highest BCUT2D eigenvalue weighted by molar-refractivity contribution is 5.96. The van der Waals surface area contributed by atoms with E-state index in [0.29, 0.717) is 31.3 Å². The van der Waals surface area contributed by atoms with Crippen molar-refractivity contribution in [2.75, 3.05) is 19.6 Å². The molecule has 0 radical (unpaired) electrons. The number of carbonyl (C=O) groups is 2. The van der Waals surface area contributed by atoms with E-state index in [1.165, 1.54) is 0 Å². The zero-order chi connectivity index (χ0) is 23.7. The number of alkyl halides is 6. The van der Waals surface area contributed by atoms with E-state index in [4.69, 9.17) is 0 Å². The van der Waals surface area contributed by atoms with E-state index in [9.17, 15) is 41.0 Å². The Kier molecular flexibility index (Phi) is 7.03. The van der Waals surface area contributed by atoms with Gasteiger partial charge in [-0.15, -0.1) is 0 Å². The van der Waals surface area contributed by atoms with Crippen LogP contribution in [0.4, 0.5) is 26.3 Å².